The second-order valence-electron chi connectivity index (χ2n) is 3.85. The van der Waals surface area contributed by atoms with Gasteiger partial charge in [0, 0.05) is 6.54 Å². The second kappa shape index (κ2) is 6.23. The molecule has 6 heteroatoms. The third kappa shape index (κ3) is 9.01. The van der Waals surface area contributed by atoms with Crippen molar-refractivity contribution in [1.82, 2.24) is 10.8 Å². The van der Waals surface area contributed by atoms with Gasteiger partial charge >= 0.3 is 6.09 Å². The summed E-state index contributed by atoms with van der Waals surface area (Å²) in [4.78, 5) is 26.5. The van der Waals surface area contributed by atoms with Crippen molar-refractivity contribution in [3.8, 4) is 0 Å². The zero-order valence-corrected chi connectivity index (χ0v) is 9.55. The molecule has 0 radical (unpaired) electrons. The van der Waals surface area contributed by atoms with E-state index in [-0.39, 0.29) is 12.5 Å². The van der Waals surface area contributed by atoms with Gasteiger partial charge in [0.25, 0.3) is 0 Å². The van der Waals surface area contributed by atoms with E-state index in [4.69, 9.17) is 4.74 Å². The van der Waals surface area contributed by atoms with E-state index in [0.29, 0.717) is 6.54 Å². The summed E-state index contributed by atoms with van der Waals surface area (Å²) in [6, 6.07) is 0. The van der Waals surface area contributed by atoms with Crippen molar-refractivity contribution < 1.29 is 19.2 Å². The van der Waals surface area contributed by atoms with E-state index >= 15 is 0 Å². The Labute approximate surface area is 89.3 Å². The highest BCUT2D eigenvalue weighted by molar-refractivity contribution is 5.77. The molecule has 0 saturated heterocycles. The van der Waals surface area contributed by atoms with Crippen molar-refractivity contribution >= 4 is 12.0 Å². The van der Waals surface area contributed by atoms with Gasteiger partial charge in [0.05, 0.1) is 0 Å². The maximum absolute atomic E-state index is 11.0. The number of hydroxylamine groups is 1. The lowest BCUT2D eigenvalue weighted by atomic mass is 10.2. The Bertz CT molecular complexity index is 223. The van der Waals surface area contributed by atoms with E-state index in [1.165, 1.54) is 0 Å². The number of likely N-dealkylation sites (N-methyl/N-ethyl adjacent to an activating group) is 1. The molecule has 0 heterocycles. The zero-order valence-electron chi connectivity index (χ0n) is 9.55. The maximum atomic E-state index is 11.0. The molecule has 0 aliphatic carbocycles. The molecule has 0 spiro atoms. The average Bonchev–Trinajstić information content (AvgIpc) is 2.00. The Kier molecular flexibility index (Phi) is 5.69. The van der Waals surface area contributed by atoms with Crippen molar-refractivity contribution in [3.05, 3.63) is 0 Å². The highest BCUT2D eigenvalue weighted by Gasteiger charge is 2.16. The molecule has 2 amide bonds. The maximum Gasteiger partial charge on any atom is 0.431 e. The van der Waals surface area contributed by atoms with Gasteiger partial charge in [-0.3, -0.25) is 9.63 Å². The Hall–Kier alpha value is -1.30. The first-order chi connectivity index (χ1) is 6.85. The van der Waals surface area contributed by atoms with Crippen molar-refractivity contribution in [2.75, 3.05) is 13.2 Å². The number of nitrogens with one attached hydrogen (secondary N) is 2. The van der Waals surface area contributed by atoms with Crippen LogP contribution in [0.1, 0.15) is 27.7 Å². The normalized spacial score (nSPS) is 10.7. The van der Waals surface area contributed by atoms with Crippen LogP contribution in [0, 0.1) is 0 Å². The quantitative estimate of drug-likeness (QED) is 0.677. The minimum atomic E-state index is -0.716. The fraction of sp³-hybridized carbons (Fsp3) is 0.778. The van der Waals surface area contributed by atoms with Crippen LogP contribution in [0.2, 0.25) is 0 Å². The van der Waals surface area contributed by atoms with Gasteiger partial charge in [0.1, 0.15) is 5.60 Å². The van der Waals surface area contributed by atoms with E-state index in [2.05, 4.69) is 10.2 Å². The Morgan fingerprint density at radius 1 is 1.27 bits per heavy atom. The highest BCUT2D eigenvalue weighted by atomic mass is 16.7. The van der Waals surface area contributed by atoms with E-state index < -0.39 is 11.7 Å². The summed E-state index contributed by atoms with van der Waals surface area (Å²) in [6.07, 6.45) is -0.716. The molecular formula is C9H18N2O4. The zero-order chi connectivity index (χ0) is 11.9. The fourth-order valence-corrected chi connectivity index (χ4v) is 0.708. The number of hydrogen-bond donors (Lipinski definition) is 2. The highest BCUT2D eigenvalue weighted by Crippen LogP contribution is 2.06. The summed E-state index contributed by atoms with van der Waals surface area (Å²) in [5.41, 5.74) is 1.42. The summed E-state index contributed by atoms with van der Waals surface area (Å²) in [5.74, 6) is -0.298. The lowest BCUT2D eigenvalue weighted by Gasteiger charge is -2.19. The Morgan fingerprint density at radius 2 is 1.87 bits per heavy atom. The van der Waals surface area contributed by atoms with E-state index in [1.807, 2.05) is 5.48 Å². The molecule has 0 aromatic heterocycles. The summed E-state index contributed by atoms with van der Waals surface area (Å²) in [5, 5.41) is 2.51. The molecule has 0 bridgehead atoms. The van der Waals surface area contributed by atoms with Crippen molar-refractivity contribution in [2.45, 2.75) is 33.3 Å². The smallest absolute Gasteiger partial charge is 0.431 e. The van der Waals surface area contributed by atoms with Gasteiger partial charge in [-0.2, -0.15) is 5.48 Å². The van der Waals surface area contributed by atoms with Gasteiger partial charge in [-0.15, -0.1) is 0 Å². The van der Waals surface area contributed by atoms with Crippen molar-refractivity contribution in [1.29, 1.82) is 0 Å². The largest absolute Gasteiger partial charge is 0.442 e. The molecule has 0 saturated carbocycles. The van der Waals surface area contributed by atoms with Crippen LogP contribution < -0.4 is 10.8 Å². The molecule has 88 valence electrons. The van der Waals surface area contributed by atoms with Gasteiger partial charge in [0.15, 0.2) is 6.61 Å². The minimum Gasteiger partial charge on any atom is -0.442 e. The van der Waals surface area contributed by atoms with E-state index in [9.17, 15) is 9.59 Å². The molecule has 0 aliphatic heterocycles. The van der Waals surface area contributed by atoms with Crippen LogP contribution in [0.5, 0.6) is 0 Å². The lowest BCUT2D eigenvalue weighted by molar-refractivity contribution is -0.127. The average molecular weight is 218 g/mol. The minimum absolute atomic E-state index is 0.229. The number of rotatable bonds is 4. The van der Waals surface area contributed by atoms with Crippen LogP contribution in [-0.2, 0) is 14.4 Å². The molecule has 0 rings (SSSR count). The summed E-state index contributed by atoms with van der Waals surface area (Å²) in [7, 11) is 0. The number of hydrogen-bond acceptors (Lipinski definition) is 4. The summed E-state index contributed by atoms with van der Waals surface area (Å²) >= 11 is 0. The van der Waals surface area contributed by atoms with Gasteiger partial charge in [-0.1, -0.05) is 0 Å². The van der Waals surface area contributed by atoms with Crippen molar-refractivity contribution in [3.63, 3.8) is 0 Å². The summed E-state index contributed by atoms with van der Waals surface area (Å²) in [6.45, 7) is 7.28. The SMILES string of the molecule is CCNC(=O)CONC(=O)OC(C)(C)C. The first kappa shape index (κ1) is 13.7. The molecule has 2 N–H and O–H groups in total. The first-order valence-corrected chi connectivity index (χ1v) is 4.72. The van der Waals surface area contributed by atoms with Crippen LogP contribution in [0.25, 0.3) is 0 Å². The number of amides is 2. The van der Waals surface area contributed by atoms with E-state index in [1.54, 1.807) is 27.7 Å². The third-order valence-corrected chi connectivity index (χ3v) is 1.13. The fourth-order valence-electron chi connectivity index (χ4n) is 0.708. The summed E-state index contributed by atoms with van der Waals surface area (Å²) < 4.78 is 4.87. The predicted molar refractivity (Wildman–Crippen MR) is 54.0 cm³/mol. The molecule has 0 fully saturated rings. The first-order valence-electron chi connectivity index (χ1n) is 4.72. The van der Waals surface area contributed by atoms with Crippen molar-refractivity contribution in [2.24, 2.45) is 0 Å². The van der Waals surface area contributed by atoms with Crippen LogP contribution in [-0.4, -0.2) is 30.8 Å². The van der Waals surface area contributed by atoms with Crippen LogP contribution in [0.3, 0.4) is 0 Å². The monoisotopic (exact) mass is 218 g/mol. The van der Waals surface area contributed by atoms with Gasteiger partial charge in [-0.05, 0) is 27.7 Å². The van der Waals surface area contributed by atoms with Gasteiger partial charge < -0.3 is 10.1 Å². The van der Waals surface area contributed by atoms with Gasteiger partial charge in [-0.25, -0.2) is 4.79 Å². The Balaban J connectivity index is 3.60. The van der Waals surface area contributed by atoms with E-state index in [0.717, 1.165) is 0 Å². The Morgan fingerprint density at radius 3 is 2.33 bits per heavy atom. The molecule has 0 aromatic carbocycles. The topological polar surface area (TPSA) is 76.7 Å². The number of carbonyl (C=O) groups is 2. The number of ether oxygens (including phenoxy) is 1. The molecule has 0 aliphatic rings. The molecule has 15 heavy (non-hydrogen) atoms. The third-order valence-electron chi connectivity index (χ3n) is 1.13. The molecule has 0 aromatic rings. The van der Waals surface area contributed by atoms with Gasteiger partial charge in [0.2, 0.25) is 5.91 Å². The lowest BCUT2D eigenvalue weighted by Crippen LogP contribution is -2.36. The van der Waals surface area contributed by atoms with Crippen LogP contribution >= 0.6 is 0 Å². The number of carbonyl (C=O) groups excluding carboxylic acids is 2. The molecular weight excluding hydrogens is 200 g/mol. The standard InChI is InChI=1S/C9H18N2O4/c1-5-10-7(12)6-14-11-8(13)15-9(2,3)4/h5-6H2,1-4H3,(H,10,12)(H,11,13). The molecule has 0 unspecified atom stereocenters. The van der Waals surface area contributed by atoms with Crippen LogP contribution in [0.4, 0.5) is 4.79 Å². The molecule has 6 nitrogen and oxygen atoms in total. The predicted octanol–water partition coefficient (Wildman–Crippen LogP) is 0.579. The second-order valence-corrected chi connectivity index (χ2v) is 3.85. The molecule has 0 atom stereocenters. The van der Waals surface area contributed by atoms with Crippen LogP contribution in [0.15, 0.2) is 0 Å².